The van der Waals surface area contributed by atoms with Gasteiger partial charge in [0.2, 0.25) is 23.6 Å². The number of amides is 6. The van der Waals surface area contributed by atoms with Gasteiger partial charge in [-0.2, -0.15) is 0 Å². The van der Waals surface area contributed by atoms with E-state index < -0.39 is 47.2 Å². The molecule has 65 heavy (non-hydrogen) atoms. The topological polar surface area (TPSA) is 204 Å². The van der Waals surface area contributed by atoms with Crippen LogP contribution in [0.4, 0.5) is 25.5 Å². The van der Waals surface area contributed by atoms with E-state index in [4.69, 9.17) is 19.4 Å². The van der Waals surface area contributed by atoms with Crippen LogP contribution in [0.1, 0.15) is 130 Å². The number of hydrogen-bond acceptors (Lipinski definition) is 13. The second-order valence-electron chi connectivity index (χ2n) is 20.2. The molecule has 0 radical (unpaired) electrons. The van der Waals surface area contributed by atoms with Gasteiger partial charge in [0.15, 0.2) is 10.3 Å². The minimum Gasteiger partial charge on any atom is -0.453 e. The van der Waals surface area contributed by atoms with Gasteiger partial charge >= 0.3 is 12.2 Å². The molecule has 3 saturated heterocycles. The molecule has 1 aromatic carbocycles. The fourth-order valence-corrected chi connectivity index (χ4v) is 10.4. The molecule has 3 aliphatic heterocycles. The molecule has 6 atom stereocenters. The van der Waals surface area contributed by atoms with Crippen LogP contribution in [0.3, 0.4) is 0 Å². The Labute approximate surface area is 389 Å². The van der Waals surface area contributed by atoms with E-state index >= 15 is 0 Å². The number of alkyl carbamates (subject to hydrolysis) is 2. The second-order valence-corrected chi connectivity index (χ2v) is 21.9. The van der Waals surface area contributed by atoms with Gasteiger partial charge in [0.25, 0.3) is 0 Å². The third kappa shape index (κ3) is 11.2. The normalized spacial score (nSPS) is 21.1. The Morgan fingerprint density at radius 3 is 1.38 bits per heavy atom. The van der Waals surface area contributed by atoms with Gasteiger partial charge in [-0.05, 0) is 72.5 Å². The van der Waals surface area contributed by atoms with E-state index in [1.54, 1.807) is 9.80 Å². The van der Waals surface area contributed by atoms with Crippen molar-refractivity contribution in [3.63, 3.8) is 0 Å². The number of benzene rings is 1. The Kier molecular flexibility index (Phi) is 14.9. The van der Waals surface area contributed by atoms with E-state index in [9.17, 15) is 28.8 Å². The zero-order chi connectivity index (χ0) is 47.6. The zero-order valence-electron chi connectivity index (χ0n) is 39.4. The van der Waals surface area contributed by atoms with Crippen LogP contribution >= 0.6 is 22.7 Å². The molecule has 19 heteroatoms. The maximum Gasteiger partial charge on any atom is 0.407 e. The van der Waals surface area contributed by atoms with Gasteiger partial charge in [-0.3, -0.25) is 19.2 Å². The van der Waals surface area contributed by atoms with Crippen molar-refractivity contribution in [1.82, 2.24) is 30.4 Å². The average Bonchev–Trinajstić information content (AvgIpc) is 4.10. The number of carbonyl (C=O) groups excluding carboxylic acids is 6. The molecule has 354 valence electrons. The fraction of sp³-hybridized carbons (Fsp3) is 0.609. The first-order valence-corrected chi connectivity index (χ1v) is 24.0. The third-order valence-electron chi connectivity index (χ3n) is 12.4. The van der Waals surface area contributed by atoms with Crippen molar-refractivity contribution in [1.29, 1.82) is 0 Å². The highest BCUT2D eigenvalue weighted by Gasteiger charge is 2.45. The first-order chi connectivity index (χ1) is 30.5. The van der Waals surface area contributed by atoms with E-state index in [0.717, 1.165) is 29.9 Å². The number of nitrogens with zero attached hydrogens (tertiary/aromatic N) is 5. The molecule has 0 spiro atoms. The van der Waals surface area contributed by atoms with Crippen molar-refractivity contribution < 1.29 is 38.2 Å². The van der Waals surface area contributed by atoms with Crippen molar-refractivity contribution >= 4 is 74.4 Å². The summed E-state index contributed by atoms with van der Waals surface area (Å²) in [5.41, 5.74) is 2.42. The zero-order valence-corrected chi connectivity index (χ0v) is 41.0. The Morgan fingerprint density at radius 1 is 0.631 bits per heavy atom. The highest BCUT2D eigenvalue weighted by Crippen LogP contribution is 2.48. The molecule has 3 fully saturated rings. The van der Waals surface area contributed by atoms with Gasteiger partial charge in [0, 0.05) is 29.5 Å². The van der Waals surface area contributed by atoms with Gasteiger partial charge in [-0.1, -0.05) is 74.4 Å². The largest absolute Gasteiger partial charge is 0.453 e. The van der Waals surface area contributed by atoms with Crippen molar-refractivity contribution in [2.24, 2.45) is 10.8 Å². The van der Waals surface area contributed by atoms with E-state index in [2.05, 4.69) is 71.2 Å². The number of aromatic nitrogens is 2. The van der Waals surface area contributed by atoms with Crippen LogP contribution < -0.4 is 26.2 Å². The SMILES string of the molecule is COC(=O)N[C@H](C(=O)N1CCC[C@H]1C(=O)Nc1nc([C@@H]2CC[C@@H](c3csc(NC(=O)[C@@H]4CCCN4C(=O)[C@@H](NC(=O)OC)C(C)(C)C)n3)N2c2ccc(C(C)(C)C)cc2)cs1)C(C)(C)C. The summed E-state index contributed by atoms with van der Waals surface area (Å²) in [6.07, 6.45) is 2.29. The van der Waals surface area contributed by atoms with E-state index in [1.165, 1.54) is 42.5 Å². The Balaban J connectivity index is 1.20. The number of hydrogen-bond donors (Lipinski definition) is 4. The van der Waals surface area contributed by atoms with Crippen LogP contribution in [0, 0.1) is 10.8 Å². The monoisotopic (exact) mass is 935 g/mol. The van der Waals surface area contributed by atoms with Gasteiger partial charge in [-0.15, -0.1) is 22.7 Å². The Bertz CT molecular complexity index is 2100. The number of likely N-dealkylation sites (tertiary alicyclic amines) is 2. The standard InChI is InChI=1S/C46H65N9O8S2/c1-44(2,3)26-16-18-27(19-17-26)55-30(28-24-64-40(47-28)51-36(56)32-14-12-22-53(32)38(58)34(45(4,5)6)49-42(60)62-10)20-21-31(55)29-25-65-41(48-29)52-37(57)33-15-13-23-54(33)39(59)35(46(7,8)9)50-43(61)63-11/h16-19,24-25,30-35H,12-15,20-23H2,1-11H3,(H,49,60)(H,50,61)(H,47,51,56)(H,48,52,57)/t30-,31-,32-,33-,34+,35+/m0/s1. The van der Waals surface area contributed by atoms with Crippen LogP contribution in [-0.2, 0) is 34.1 Å². The third-order valence-corrected chi connectivity index (χ3v) is 14.0. The molecule has 2 aromatic heterocycles. The van der Waals surface area contributed by atoms with Crippen LogP contribution in [0.25, 0.3) is 0 Å². The lowest BCUT2D eigenvalue weighted by atomic mass is 9.85. The Hall–Kier alpha value is -5.30. The average molecular weight is 936 g/mol. The smallest absolute Gasteiger partial charge is 0.407 e. The minimum absolute atomic E-state index is 0.0531. The van der Waals surface area contributed by atoms with Gasteiger partial charge in [0.05, 0.1) is 37.7 Å². The van der Waals surface area contributed by atoms with Crippen LogP contribution in [0.2, 0.25) is 0 Å². The molecular weight excluding hydrogens is 871 g/mol. The number of rotatable bonds is 11. The molecule has 6 amide bonds. The fourth-order valence-electron chi connectivity index (χ4n) is 8.84. The quantitative estimate of drug-likeness (QED) is 0.149. The van der Waals surface area contributed by atoms with Crippen LogP contribution in [0.5, 0.6) is 0 Å². The highest BCUT2D eigenvalue weighted by atomic mass is 32.1. The van der Waals surface area contributed by atoms with Crippen LogP contribution in [0.15, 0.2) is 35.0 Å². The lowest BCUT2D eigenvalue weighted by Gasteiger charge is -2.34. The summed E-state index contributed by atoms with van der Waals surface area (Å²) in [6.45, 7) is 18.4. The van der Waals surface area contributed by atoms with Gasteiger partial charge < -0.3 is 45.4 Å². The van der Waals surface area contributed by atoms with Crippen molar-refractivity contribution in [2.75, 3.05) is 42.8 Å². The molecule has 0 saturated carbocycles. The summed E-state index contributed by atoms with van der Waals surface area (Å²) in [7, 11) is 2.49. The summed E-state index contributed by atoms with van der Waals surface area (Å²) >= 11 is 2.65. The maximum atomic E-state index is 13.8. The van der Waals surface area contributed by atoms with E-state index in [0.29, 0.717) is 49.0 Å². The molecule has 6 rings (SSSR count). The minimum atomic E-state index is -0.892. The number of methoxy groups -OCH3 is 2. The van der Waals surface area contributed by atoms with Crippen molar-refractivity contribution in [3.05, 3.63) is 52.0 Å². The lowest BCUT2D eigenvalue weighted by molar-refractivity contribution is -0.140. The number of nitrogens with one attached hydrogen (secondary N) is 4. The second kappa shape index (κ2) is 19.7. The Morgan fingerprint density at radius 2 is 1.03 bits per heavy atom. The summed E-state index contributed by atoms with van der Waals surface area (Å²) < 4.78 is 9.58. The summed E-state index contributed by atoms with van der Waals surface area (Å²) in [4.78, 5) is 95.0. The molecular formula is C46H65N9O8S2. The molecule has 17 nitrogen and oxygen atoms in total. The molecule has 3 aromatic rings. The van der Waals surface area contributed by atoms with E-state index in [-0.39, 0.29) is 41.1 Å². The first-order valence-electron chi connectivity index (χ1n) is 22.2. The molecule has 5 heterocycles. The lowest BCUT2D eigenvalue weighted by Crippen LogP contribution is -2.57. The number of thiazole rings is 2. The van der Waals surface area contributed by atoms with Crippen LogP contribution in [-0.4, -0.2) is 107 Å². The summed E-state index contributed by atoms with van der Waals surface area (Å²) in [5, 5.41) is 16.1. The predicted octanol–water partition coefficient (Wildman–Crippen LogP) is 7.38. The number of carbonyl (C=O) groups is 6. The first kappa shape index (κ1) is 49.1. The summed E-state index contributed by atoms with van der Waals surface area (Å²) in [6, 6.07) is 4.93. The van der Waals surface area contributed by atoms with Gasteiger partial charge in [0.1, 0.15) is 24.2 Å². The van der Waals surface area contributed by atoms with E-state index in [1.807, 2.05) is 52.3 Å². The number of ether oxygens (including phenoxy) is 2. The predicted molar refractivity (Wildman–Crippen MR) is 251 cm³/mol. The maximum absolute atomic E-state index is 13.8. The van der Waals surface area contributed by atoms with Gasteiger partial charge in [-0.25, -0.2) is 19.6 Å². The molecule has 0 unspecified atom stereocenters. The molecule has 0 bridgehead atoms. The molecule has 4 N–H and O–H groups in total. The molecule has 3 aliphatic rings. The summed E-state index contributed by atoms with van der Waals surface area (Å²) in [5.74, 6) is -1.36. The number of anilines is 3. The molecule has 0 aliphatic carbocycles. The van der Waals surface area contributed by atoms with Crippen molar-refractivity contribution in [2.45, 2.75) is 143 Å². The highest BCUT2D eigenvalue weighted by molar-refractivity contribution is 7.14. The van der Waals surface area contributed by atoms with Crippen molar-refractivity contribution in [3.8, 4) is 0 Å².